The summed E-state index contributed by atoms with van der Waals surface area (Å²) < 4.78 is 25.7. The summed E-state index contributed by atoms with van der Waals surface area (Å²) in [5, 5.41) is 20.6. The van der Waals surface area contributed by atoms with E-state index in [9.17, 15) is 8.42 Å². The van der Waals surface area contributed by atoms with Crippen LogP contribution in [0.4, 0.5) is 0 Å². The van der Waals surface area contributed by atoms with Gasteiger partial charge in [0.15, 0.2) is 11.5 Å². The van der Waals surface area contributed by atoms with E-state index >= 15 is 0 Å². The van der Waals surface area contributed by atoms with E-state index in [0.717, 1.165) is 16.3 Å². The van der Waals surface area contributed by atoms with Crippen LogP contribution in [-0.2, 0) is 10.0 Å². The number of rotatable bonds is 3. The highest BCUT2D eigenvalue weighted by molar-refractivity contribution is 7.89. The van der Waals surface area contributed by atoms with Gasteiger partial charge in [-0.3, -0.25) is 4.98 Å². The molecule has 2 N–H and O–H groups in total. The molecule has 0 aliphatic heterocycles. The maximum Gasteiger partial charge on any atom is 0.238 e. The van der Waals surface area contributed by atoms with Crippen molar-refractivity contribution in [1.82, 2.24) is 24.8 Å². The summed E-state index contributed by atoms with van der Waals surface area (Å²) in [6.07, 6.45) is 3.35. The summed E-state index contributed by atoms with van der Waals surface area (Å²) in [6.45, 7) is 1.71. The monoisotopic (exact) mass is 416 g/mol. The molecule has 0 saturated carbocycles. The first kappa shape index (κ1) is 18.3. The zero-order chi connectivity index (χ0) is 20.9. The van der Waals surface area contributed by atoms with Crippen molar-refractivity contribution in [2.45, 2.75) is 11.8 Å². The number of aromatic nitrogens is 5. The molecule has 5 aromatic rings. The molecule has 0 bridgehead atoms. The van der Waals surface area contributed by atoms with E-state index in [-0.39, 0.29) is 4.90 Å². The smallest absolute Gasteiger partial charge is 0.238 e. The molecule has 0 aliphatic rings. The van der Waals surface area contributed by atoms with Crippen LogP contribution >= 0.6 is 0 Å². The highest BCUT2D eigenvalue weighted by Gasteiger charge is 2.18. The van der Waals surface area contributed by atoms with Gasteiger partial charge in [0.1, 0.15) is 0 Å². The fraction of sp³-hybridized carbons (Fsp3) is 0.0476. The lowest BCUT2D eigenvalue weighted by Crippen LogP contribution is -2.13. The number of pyridine rings is 1. The number of primary sulfonamides is 1. The molecule has 30 heavy (non-hydrogen) atoms. The second-order valence-electron chi connectivity index (χ2n) is 6.91. The fourth-order valence-corrected chi connectivity index (χ4v) is 4.34. The average molecular weight is 416 g/mol. The van der Waals surface area contributed by atoms with E-state index in [0.29, 0.717) is 28.3 Å². The molecule has 8 nitrogen and oxygen atoms in total. The molecule has 0 unspecified atom stereocenters. The molecule has 0 spiro atoms. The van der Waals surface area contributed by atoms with Crippen LogP contribution in [0.3, 0.4) is 0 Å². The average Bonchev–Trinajstić information content (AvgIpc) is 3.18. The van der Waals surface area contributed by atoms with E-state index in [1.807, 2.05) is 42.5 Å². The van der Waals surface area contributed by atoms with Gasteiger partial charge >= 0.3 is 0 Å². The van der Waals surface area contributed by atoms with Gasteiger partial charge < -0.3 is 0 Å². The Labute approximate surface area is 172 Å². The van der Waals surface area contributed by atoms with E-state index < -0.39 is 10.0 Å². The highest BCUT2D eigenvalue weighted by atomic mass is 32.2. The van der Waals surface area contributed by atoms with E-state index in [2.05, 4.69) is 15.2 Å². The van der Waals surface area contributed by atoms with Gasteiger partial charge in [-0.2, -0.15) is 9.61 Å². The zero-order valence-corrected chi connectivity index (χ0v) is 16.7. The molecule has 148 valence electrons. The molecule has 9 heteroatoms. The first-order valence-electron chi connectivity index (χ1n) is 9.12. The summed E-state index contributed by atoms with van der Waals surface area (Å²) in [4.78, 5) is 4.12. The van der Waals surface area contributed by atoms with E-state index in [1.165, 1.54) is 0 Å². The summed E-state index contributed by atoms with van der Waals surface area (Å²) in [5.74, 6) is 0.568. The molecule has 0 atom stereocenters. The predicted octanol–water partition coefficient (Wildman–Crippen LogP) is 2.96. The summed E-state index contributed by atoms with van der Waals surface area (Å²) in [5.41, 5.74) is 3.25. The van der Waals surface area contributed by atoms with Crippen LogP contribution < -0.4 is 5.14 Å². The zero-order valence-electron chi connectivity index (χ0n) is 15.9. The van der Waals surface area contributed by atoms with Crippen LogP contribution in [0.15, 0.2) is 71.9 Å². The molecule has 0 amide bonds. The minimum atomic E-state index is -3.87. The standard InChI is InChI=1S/C21H16N6O2S/c1-13-6-7-15(12-18(13)30(22,28)29)19-16-4-2-3-5-17(16)21-25-24-20(27(21)26-19)14-8-10-23-11-9-14/h2-12H,1H3,(H2,22,28,29). The van der Waals surface area contributed by atoms with Crippen molar-refractivity contribution >= 4 is 26.4 Å². The number of benzene rings is 2. The number of hydrogen-bond donors (Lipinski definition) is 1. The van der Waals surface area contributed by atoms with Gasteiger partial charge in [-0.05, 0) is 30.7 Å². The highest BCUT2D eigenvalue weighted by Crippen LogP contribution is 2.32. The van der Waals surface area contributed by atoms with Crippen LogP contribution in [0, 0.1) is 6.92 Å². The normalized spacial score (nSPS) is 11.9. The Balaban J connectivity index is 1.86. The second kappa shape index (κ2) is 6.68. The Morgan fingerprint density at radius 3 is 2.37 bits per heavy atom. The number of sulfonamides is 1. The van der Waals surface area contributed by atoms with Crippen molar-refractivity contribution in [2.75, 3.05) is 0 Å². The van der Waals surface area contributed by atoms with Crippen LogP contribution in [0.5, 0.6) is 0 Å². The summed E-state index contributed by atoms with van der Waals surface area (Å²) in [6, 6.07) is 16.5. The SMILES string of the molecule is Cc1ccc(-c2nn3c(-c4ccncc4)nnc3c3ccccc23)cc1S(N)(=O)=O. The van der Waals surface area contributed by atoms with Gasteiger partial charge in [0.2, 0.25) is 10.0 Å². The first-order chi connectivity index (χ1) is 14.4. The molecule has 0 fully saturated rings. The predicted molar refractivity (Wildman–Crippen MR) is 113 cm³/mol. The maximum atomic E-state index is 12.0. The number of aryl methyl sites for hydroxylation is 1. The summed E-state index contributed by atoms with van der Waals surface area (Å²) >= 11 is 0. The van der Waals surface area contributed by atoms with Crippen molar-refractivity contribution < 1.29 is 8.42 Å². The Morgan fingerprint density at radius 2 is 1.63 bits per heavy atom. The Bertz CT molecular complexity index is 1530. The van der Waals surface area contributed by atoms with Gasteiger partial charge in [0, 0.05) is 34.3 Å². The quantitative estimate of drug-likeness (QED) is 0.483. The van der Waals surface area contributed by atoms with Crippen molar-refractivity contribution in [3.05, 3.63) is 72.6 Å². The molecule has 0 saturated heterocycles. The lowest BCUT2D eigenvalue weighted by Gasteiger charge is -2.11. The first-order valence-corrected chi connectivity index (χ1v) is 10.7. The molecule has 0 radical (unpaired) electrons. The molecule has 2 aromatic carbocycles. The molecule has 3 heterocycles. The lowest BCUT2D eigenvalue weighted by molar-refractivity contribution is 0.597. The minimum Gasteiger partial charge on any atom is -0.265 e. The Kier molecular flexibility index (Phi) is 4.09. The van der Waals surface area contributed by atoms with Crippen LogP contribution in [0.2, 0.25) is 0 Å². The van der Waals surface area contributed by atoms with Crippen LogP contribution in [0.25, 0.3) is 39.1 Å². The topological polar surface area (TPSA) is 116 Å². The van der Waals surface area contributed by atoms with Gasteiger partial charge in [0.05, 0.1) is 10.6 Å². The largest absolute Gasteiger partial charge is 0.265 e. The maximum absolute atomic E-state index is 12.0. The number of nitrogens with zero attached hydrogens (tertiary/aromatic N) is 5. The Hall–Kier alpha value is -3.69. The number of nitrogens with two attached hydrogens (primary N) is 1. The Morgan fingerprint density at radius 1 is 0.900 bits per heavy atom. The fourth-order valence-electron chi connectivity index (χ4n) is 3.53. The molecular weight excluding hydrogens is 400 g/mol. The van der Waals surface area contributed by atoms with Gasteiger partial charge in [-0.1, -0.05) is 36.4 Å². The third kappa shape index (κ3) is 2.92. The van der Waals surface area contributed by atoms with Gasteiger partial charge in [-0.25, -0.2) is 13.6 Å². The minimum absolute atomic E-state index is 0.0732. The van der Waals surface area contributed by atoms with Crippen LogP contribution in [0.1, 0.15) is 5.56 Å². The van der Waals surface area contributed by atoms with Gasteiger partial charge in [-0.15, -0.1) is 10.2 Å². The molecular formula is C21H16N6O2S. The molecule has 5 rings (SSSR count). The van der Waals surface area contributed by atoms with Crippen molar-refractivity contribution in [2.24, 2.45) is 5.14 Å². The lowest BCUT2D eigenvalue weighted by atomic mass is 10.0. The molecule has 3 aromatic heterocycles. The number of hydrogen-bond acceptors (Lipinski definition) is 6. The van der Waals surface area contributed by atoms with Crippen molar-refractivity contribution in [3.8, 4) is 22.6 Å². The van der Waals surface area contributed by atoms with Gasteiger partial charge in [0.25, 0.3) is 0 Å². The van der Waals surface area contributed by atoms with Crippen LogP contribution in [-0.4, -0.2) is 33.2 Å². The van der Waals surface area contributed by atoms with Crippen molar-refractivity contribution in [3.63, 3.8) is 0 Å². The van der Waals surface area contributed by atoms with E-state index in [4.69, 9.17) is 10.2 Å². The third-order valence-electron chi connectivity index (χ3n) is 4.97. The summed E-state index contributed by atoms with van der Waals surface area (Å²) in [7, 11) is -3.87. The number of fused-ring (bicyclic) bond motifs is 3. The second-order valence-corrected chi connectivity index (χ2v) is 8.44. The molecule has 0 aliphatic carbocycles. The van der Waals surface area contributed by atoms with E-state index in [1.54, 1.807) is 36.0 Å². The third-order valence-corrected chi connectivity index (χ3v) is 6.02. The van der Waals surface area contributed by atoms with Crippen molar-refractivity contribution in [1.29, 1.82) is 0 Å².